The number of thioether (sulfide) groups is 1. The molecule has 180 valence electrons. The topological polar surface area (TPSA) is 51.5 Å². The number of methoxy groups -OCH3 is 1. The number of carbonyl (C=O) groups excluding carboxylic acids is 1. The molecule has 5 heteroatoms. The molecule has 0 aliphatic rings. The van der Waals surface area contributed by atoms with Crippen molar-refractivity contribution in [2.24, 2.45) is 0 Å². The van der Waals surface area contributed by atoms with Gasteiger partial charge in [0.1, 0.15) is 11.3 Å². The van der Waals surface area contributed by atoms with Crippen LogP contribution in [-0.2, 0) is 4.79 Å². The van der Waals surface area contributed by atoms with Gasteiger partial charge in [0.25, 0.3) is 0 Å². The maximum Gasteiger partial charge on any atom is 0.248 e. The summed E-state index contributed by atoms with van der Waals surface area (Å²) in [5, 5.41) is 6.32. The molecule has 4 nitrogen and oxygen atoms in total. The molecule has 0 aliphatic heterocycles. The first-order chi connectivity index (χ1) is 17.5. The van der Waals surface area contributed by atoms with Crippen LogP contribution in [-0.4, -0.2) is 19.3 Å². The number of ether oxygens (including phenoxy) is 1. The molecule has 0 saturated carbocycles. The molecule has 1 heterocycles. The number of aryl methyl sites for hydroxylation is 1. The maximum atomic E-state index is 12.9. The molecule has 0 spiro atoms. The van der Waals surface area contributed by atoms with Crippen LogP contribution < -0.4 is 10.1 Å². The second-order valence-corrected chi connectivity index (χ2v) is 9.60. The van der Waals surface area contributed by atoms with Gasteiger partial charge in [-0.2, -0.15) is 0 Å². The first-order valence-electron chi connectivity index (χ1n) is 11.7. The lowest BCUT2D eigenvalue weighted by molar-refractivity contribution is -0.111. The summed E-state index contributed by atoms with van der Waals surface area (Å²) >= 11 is 1.64. The Morgan fingerprint density at radius 1 is 1.00 bits per heavy atom. The van der Waals surface area contributed by atoms with Gasteiger partial charge in [0, 0.05) is 38.7 Å². The van der Waals surface area contributed by atoms with Gasteiger partial charge in [0.15, 0.2) is 0 Å². The van der Waals surface area contributed by atoms with Crippen LogP contribution in [0.3, 0.4) is 0 Å². The minimum Gasteiger partial charge on any atom is -0.496 e. The van der Waals surface area contributed by atoms with Gasteiger partial charge in [-0.1, -0.05) is 42.5 Å². The molecule has 0 atom stereocenters. The average Bonchev–Trinajstić information content (AvgIpc) is 3.32. The minimum atomic E-state index is -0.187. The Morgan fingerprint density at radius 2 is 1.81 bits per heavy atom. The van der Waals surface area contributed by atoms with E-state index in [-0.39, 0.29) is 5.91 Å². The number of anilines is 1. The number of benzene rings is 4. The van der Waals surface area contributed by atoms with Gasteiger partial charge < -0.3 is 14.5 Å². The van der Waals surface area contributed by atoms with Gasteiger partial charge in [0.2, 0.25) is 5.91 Å². The number of rotatable bonds is 6. The molecule has 0 fully saturated rings. The summed E-state index contributed by atoms with van der Waals surface area (Å²) in [6, 6.07) is 24.6. The molecule has 0 bridgehead atoms. The van der Waals surface area contributed by atoms with Crippen molar-refractivity contribution >= 4 is 50.7 Å². The minimum absolute atomic E-state index is 0.187. The Bertz CT molecular complexity index is 1630. The molecular formula is C31H27NO3S. The molecule has 36 heavy (non-hydrogen) atoms. The summed E-state index contributed by atoms with van der Waals surface area (Å²) in [5.41, 5.74) is 6.20. The molecule has 4 aromatic carbocycles. The van der Waals surface area contributed by atoms with E-state index in [1.54, 1.807) is 31.2 Å². The van der Waals surface area contributed by atoms with Crippen LogP contribution in [0.5, 0.6) is 5.75 Å². The summed E-state index contributed by atoms with van der Waals surface area (Å²) in [7, 11) is 1.64. The standard InChI is InChI=1S/C31H27NO3S/c1-19(14-29(33)32-24-10-7-11-25(16-24)36-4)26-17-27-28(18-35-31(27)20(2)30(26)34-3)23-13-12-21-8-5-6-9-22(21)15-23/h5-18H,1-4H3,(H,32,33)/b19-14+. The summed E-state index contributed by atoms with van der Waals surface area (Å²) in [5.74, 6) is 0.514. The molecule has 0 unspecified atom stereocenters. The highest BCUT2D eigenvalue weighted by Crippen LogP contribution is 2.41. The summed E-state index contributed by atoms with van der Waals surface area (Å²) in [6.45, 7) is 3.91. The zero-order valence-corrected chi connectivity index (χ0v) is 21.5. The van der Waals surface area contributed by atoms with E-state index in [4.69, 9.17) is 9.15 Å². The van der Waals surface area contributed by atoms with Crippen molar-refractivity contribution < 1.29 is 13.9 Å². The van der Waals surface area contributed by atoms with E-state index < -0.39 is 0 Å². The molecule has 0 aliphatic carbocycles. The normalized spacial score (nSPS) is 11.7. The zero-order valence-electron chi connectivity index (χ0n) is 20.7. The Kier molecular flexibility index (Phi) is 6.57. The van der Waals surface area contributed by atoms with Crippen LogP contribution in [0.1, 0.15) is 18.1 Å². The highest BCUT2D eigenvalue weighted by Gasteiger charge is 2.19. The third-order valence-electron chi connectivity index (χ3n) is 6.42. The number of carbonyl (C=O) groups is 1. The Labute approximate surface area is 215 Å². The molecule has 0 saturated heterocycles. The highest BCUT2D eigenvalue weighted by atomic mass is 32.2. The quantitative estimate of drug-likeness (QED) is 0.191. The number of hydrogen-bond acceptors (Lipinski definition) is 4. The predicted octanol–water partition coefficient (Wildman–Crippen LogP) is 8.33. The first-order valence-corrected chi connectivity index (χ1v) is 12.9. The van der Waals surface area contributed by atoms with E-state index in [9.17, 15) is 4.79 Å². The van der Waals surface area contributed by atoms with Crippen LogP contribution in [0, 0.1) is 6.92 Å². The van der Waals surface area contributed by atoms with Gasteiger partial charge in [0.05, 0.1) is 13.4 Å². The number of amides is 1. The van der Waals surface area contributed by atoms with Gasteiger partial charge >= 0.3 is 0 Å². The fraction of sp³-hybridized carbons (Fsp3) is 0.129. The summed E-state index contributed by atoms with van der Waals surface area (Å²) in [4.78, 5) is 13.9. The van der Waals surface area contributed by atoms with Crippen molar-refractivity contribution in [3.63, 3.8) is 0 Å². The Morgan fingerprint density at radius 3 is 2.58 bits per heavy atom. The van der Waals surface area contributed by atoms with E-state index in [1.165, 1.54) is 10.8 Å². The number of furan rings is 1. The lowest BCUT2D eigenvalue weighted by Crippen LogP contribution is -2.08. The molecule has 1 amide bonds. The largest absolute Gasteiger partial charge is 0.496 e. The fourth-order valence-corrected chi connectivity index (χ4v) is 5.07. The van der Waals surface area contributed by atoms with Crippen molar-refractivity contribution in [3.8, 4) is 16.9 Å². The van der Waals surface area contributed by atoms with Crippen molar-refractivity contribution in [2.75, 3.05) is 18.7 Å². The van der Waals surface area contributed by atoms with Gasteiger partial charge in [-0.15, -0.1) is 11.8 Å². The van der Waals surface area contributed by atoms with Crippen LogP contribution in [0.25, 0.3) is 38.4 Å². The molecule has 5 aromatic rings. The van der Waals surface area contributed by atoms with Crippen molar-refractivity contribution in [2.45, 2.75) is 18.7 Å². The van der Waals surface area contributed by atoms with Crippen LogP contribution >= 0.6 is 11.8 Å². The molecule has 0 radical (unpaired) electrons. The zero-order chi connectivity index (χ0) is 25.2. The number of fused-ring (bicyclic) bond motifs is 2. The van der Waals surface area contributed by atoms with Gasteiger partial charge in [-0.25, -0.2) is 0 Å². The van der Waals surface area contributed by atoms with Crippen LogP contribution in [0.15, 0.2) is 94.4 Å². The number of allylic oxidation sites excluding steroid dienone is 1. The second kappa shape index (κ2) is 9.96. The highest BCUT2D eigenvalue weighted by molar-refractivity contribution is 7.98. The lowest BCUT2D eigenvalue weighted by Gasteiger charge is -2.13. The molecule has 5 rings (SSSR count). The average molecular weight is 494 g/mol. The predicted molar refractivity (Wildman–Crippen MR) is 151 cm³/mol. The number of hydrogen-bond donors (Lipinski definition) is 1. The smallest absolute Gasteiger partial charge is 0.248 e. The van der Waals surface area contributed by atoms with Crippen molar-refractivity contribution in [1.82, 2.24) is 0 Å². The molecule has 1 aromatic heterocycles. The second-order valence-electron chi connectivity index (χ2n) is 8.72. The van der Waals surface area contributed by atoms with Crippen molar-refractivity contribution in [1.29, 1.82) is 0 Å². The monoisotopic (exact) mass is 493 g/mol. The van der Waals surface area contributed by atoms with E-state index in [0.29, 0.717) is 5.75 Å². The Balaban J connectivity index is 1.56. The van der Waals surface area contributed by atoms with Crippen LogP contribution in [0.4, 0.5) is 5.69 Å². The van der Waals surface area contributed by atoms with E-state index in [0.717, 1.165) is 49.4 Å². The first kappa shape index (κ1) is 23.8. The summed E-state index contributed by atoms with van der Waals surface area (Å²) in [6.07, 6.45) is 5.43. The summed E-state index contributed by atoms with van der Waals surface area (Å²) < 4.78 is 11.8. The number of nitrogens with one attached hydrogen (secondary N) is 1. The third kappa shape index (κ3) is 4.50. The van der Waals surface area contributed by atoms with E-state index in [1.807, 2.05) is 56.5 Å². The lowest BCUT2D eigenvalue weighted by atomic mass is 9.95. The van der Waals surface area contributed by atoms with E-state index in [2.05, 4.69) is 41.7 Å². The van der Waals surface area contributed by atoms with Crippen molar-refractivity contribution in [3.05, 3.63) is 96.3 Å². The third-order valence-corrected chi connectivity index (χ3v) is 7.14. The van der Waals surface area contributed by atoms with E-state index >= 15 is 0 Å². The Hall–Kier alpha value is -3.96. The maximum absolute atomic E-state index is 12.9. The SMILES string of the molecule is COc1c(/C(C)=C/C(=O)Nc2cccc(SC)c2)cc2c(-c3ccc4ccccc4c3)coc2c1C. The van der Waals surface area contributed by atoms with Crippen LogP contribution in [0.2, 0.25) is 0 Å². The molecular weight excluding hydrogens is 466 g/mol. The van der Waals surface area contributed by atoms with Gasteiger partial charge in [-0.3, -0.25) is 4.79 Å². The van der Waals surface area contributed by atoms with Gasteiger partial charge in [-0.05, 0) is 72.3 Å². The molecule has 1 N–H and O–H groups in total. The fourth-order valence-electron chi connectivity index (χ4n) is 4.61.